The molecule has 1 N–H and O–H groups in total. The largest absolute Gasteiger partial charge is 0.313 e. The monoisotopic (exact) mass is 263 g/mol. The zero-order valence-electron chi connectivity index (χ0n) is 11.4. The lowest BCUT2D eigenvalue weighted by molar-refractivity contribution is 0.458. The van der Waals surface area contributed by atoms with Gasteiger partial charge in [0.2, 0.25) is 0 Å². The lowest BCUT2D eigenvalue weighted by Gasteiger charge is -2.24. The van der Waals surface area contributed by atoms with Gasteiger partial charge in [-0.1, -0.05) is 37.3 Å². The minimum Gasteiger partial charge on any atom is -0.313 e. The maximum atomic E-state index is 3.76. The molecule has 1 saturated heterocycles. The first-order valence-corrected chi connectivity index (χ1v) is 8.34. The Balaban J connectivity index is 1.84. The van der Waals surface area contributed by atoms with Gasteiger partial charge in [-0.15, -0.1) is 0 Å². The van der Waals surface area contributed by atoms with Crippen molar-refractivity contribution in [3.8, 4) is 0 Å². The SMILES string of the molecule is CCCNC(CCc1ccccc1)C1CCCS1. The number of benzene rings is 1. The highest BCUT2D eigenvalue weighted by atomic mass is 32.2. The van der Waals surface area contributed by atoms with Gasteiger partial charge in [0.05, 0.1) is 0 Å². The molecule has 2 atom stereocenters. The maximum Gasteiger partial charge on any atom is 0.0201 e. The van der Waals surface area contributed by atoms with Crippen molar-refractivity contribution >= 4 is 11.8 Å². The molecule has 1 heterocycles. The molecule has 2 unspecified atom stereocenters. The summed E-state index contributed by atoms with van der Waals surface area (Å²) in [4.78, 5) is 0. The average Bonchev–Trinajstić information content (AvgIpc) is 2.94. The third kappa shape index (κ3) is 4.33. The number of hydrogen-bond donors (Lipinski definition) is 1. The summed E-state index contributed by atoms with van der Waals surface area (Å²) < 4.78 is 0. The Bertz CT molecular complexity index is 319. The van der Waals surface area contributed by atoms with Crippen LogP contribution in [-0.2, 0) is 6.42 Å². The molecule has 1 aromatic carbocycles. The van der Waals surface area contributed by atoms with Gasteiger partial charge in [-0.25, -0.2) is 0 Å². The summed E-state index contributed by atoms with van der Waals surface area (Å²) in [5, 5.41) is 4.61. The summed E-state index contributed by atoms with van der Waals surface area (Å²) >= 11 is 2.17. The van der Waals surface area contributed by atoms with Crippen LogP contribution in [0.25, 0.3) is 0 Å². The van der Waals surface area contributed by atoms with Gasteiger partial charge >= 0.3 is 0 Å². The second-order valence-electron chi connectivity index (χ2n) is 5.14. The minimum absolute atomic E-state index is 0.706. The smallest absolute Gasteiger partial charge is 0.0201 e. The zero-order chi connectivity index (χ0) is 12.6. The van der Waals surface area contributed by atoms with E-state index in [-0.39, 0.29) is 0 Å². The summed E-state index contributed by atoms with van der Waals surface area (Å²) in [5.74, 6) is 1.36. The van der Waals surface area contributed by atoms with E-state index in [9.17, 15) is 0 Å². The molecule has 2 rings (SSSR count). The number of thioether (sulfide) groups is 1. The molecule has 18 heavy (non-hydrogen) atoms. The van der Waals surface area contributed by atoms with Gasteiger partial charge in [-0.3, -0.25) is 0 Å². The fraction of sp³-hybridized carbons (Fsp3) is 0.625. The Labute approximate surface area is 116 Å². The van der Waals surface area contributed by atoms with Crippen LogP contribution in [0.3, 0.4) is 0 Å². The Morgan fingerprint density at radius 2 is 2.17 bits per heavy atom. The van der Waals surface area contributed by atoms with Gasteiger partial charge in [0.1, 0.15) is 0 Å². The molecule has 1 fully saturated rings. The van der Waals surface area contributed by atoms with Crippen LogP contribution in [0.4, 0.5) is 0 Å². The molecule has 100 valence electrons. The third-order valence-corrected chi connectivity index (χ3v) is 5.17. The van der Waals surface area contributed by atoms with Crippen molar-refractivity contribution in [3.63, 3.8) is 0 Å². The van der Waals surface area contributed by atoms with Gasteiger partial charge in [0, 0.05) is 11.3 Å². The van der Waals surface area contributed by atoms with Crippen LogP contribution >= 0.6 is 11.8 Å². The molecule has 0 aromatic heterocycles. The molecular weight excluding hydrogens is 238 g/mol. The van der Waals surface area contributed by atoms with E-state index in [0.717, 1.165) is 11.8 Å². The van der Waals surface area contributed by atoms with E-state index in [1.54, 1.807) is 0 Å². The Morgan fingerprint density at radius 3 is 2.83 bits per heavy atom. The van der Waals surface area contributed by atoms with Crippen molar-refractivity contribution in [3.05, 3.63) is 35.9 Å². The number of hydrogen-bond acceptors (Lipinski definition) is 2. The summed E-state index contributed by atoms with van der Waals surface area (Å²) in [6.45, 7) is 3.42. The van der Waals surface area contributed by atoms with Crippen LogP contribution < -0.4 is 5.32 Å². The van der Waals surface area contributed by atoms with Gasteiger partial charge in [-0.2, -0.15) is 11.8 Å². The normalized spacial score (nSPS) is 21.1. The second-order valence-corrected chi connectivity index (χ2v) is 6.48. The van der Waals surface area contributed by atoms with Crippen molar-refractivity contribution in [2.75, 3.05) is 12.3 Å². The van der Waals surface area contributed by atoms with Gasteiger partial charge < -0.3 is 5.32 Å². The zero-order valence-corrected chi connectivity index (χ0v) is 12.2. The number of nitrogens with one attached hydrogen (secondary N) is 1. The molecule has 0 radical (unpaired) electrons. The molecule has 0 aliphatic carbocycles. The Hall–Kier alpha value is -0.470. The van der Waals surface area contributed by atoms with Gasteiger partial charge in [0.15, 0.2) is 0 Å². The molecule has 0 amide bonds. The topological polar surface area (TPSA) is 12.0 Å². The molecule has 0 saturated carbocycles. The van der Waals surface area contributed by atoms with Crippen molar-refractivity contribution < 1.29 is 0 Å². The summed E-state index contributed by atoms with van der Waals surface area (Å²) in [7, 11) is 0. The summed E-state index contributed by atoms with van der Waals surface area (Å²) in [6, 6.07) is 11.6. The second kappa shape index (κ2) is 7.85. The number of aryl methyl sites for hydroxylation is 1. The molecule has 1 nitrogen and oxygen atoms in total. The lowest BCUT2D eigenvalue weighted by Crippen LogP contribution is -2.38. The van der Waals surface area contributed by atoms with Crippen molar-refractivity contribution in [2.45, 2.75) is 50.3 Å². The predicted octanol–water partition coefficient (Wildman–Crippen LogP) is 3.88. The Kier molecular flexibility index (Phi) is 6.09. The maximum absolute atomic E-state index is 3.76. The van der Waals surface area contributed by atoms with Gasteiger partial charge in [-0.05, 0) is 50.0 Å². The fourth-order valence-electron chi connectivity index (χ4n) is 2.64. The van der Waals surface area contributed by atoms with Crippen LogP contribution in [0.2, 0.25) is 0 Å². The fourth-order valence-corrected chi connectivity index (χ4v) is 4.07. The van der Waals surface area contributed by atoms with Crippen LogP contribution in [0.5, 0.6) is 0 Å². The van der Waals surface area contributed by atoms with Crippen LogP contribution in [0.1, 0.15) is 38.2 Å². The summed E-state index contributed by atoms with van der Waals surface area (Å²) in [6.07, 6.45) is 6.53. The van der Waals surface area contributed by atoms with Gasteiger partial charge in [0.25, 0.3) is 0 Å². The van der Waals surface area contributed by atoms with Crippen LogP contribution in [0.15, 0.2) is 30.3 Å². The van der Waals surface area contributed by atoms with E-state index >= 15 is 0 Å². The van der Waals surface area contributed by atoms with Crippen molar-refractivity contribution in [2.24, 2.45) is 0 Å². The van der Waals surface area contributed by atoms with E-state index in [1.807, 2.05) is 0 Å². The summed E-state index contributed by atoms with van der Waals surface area (Å²) in [5.41, 5.74) is 1.48. The Morgan fingerprint density at radius 1 is 1.33 bits per heavy atom. The predicted molar refractivity (Wildman–Crippen MR) is 82.3 cm³/mol. The molecule has 0 spiro atoms. The van der Waals surface area contributed by atoms with Crippen molar-refractivity contribution in [1.82, 2.24) is 5.32 Å². The minimum atomic E-state index is 0.706. The quantitative estimate of drug-likeness (QED) is 0.801. The molecule has 0 bridgehead atoms. The van der Waals surface area contributed by atoms with E-state index in [0.29, 0.717) is 6.04 Å². The molecule has 2 heteroatoms. The standard InChI is InChI=1S/C16H25NS/c1-2-12-17-15(16-9-6-13-18-16)11-10-14-7-4-3-5-8-14/h3-5,7-8,15-17H,2,6,9-13H2,1H3. The van der Waals surface area contributed by atoms with E-state index in [4.69, 9.17) is 0 Å². The molecule has 1 aromatic rings. The highest BCUT2D eigenvalue weighted by molar-refractivity contribution is 8.00. The molecule has 1 aliphatic rings. The average molecular weight is 263 g/mol. The highest BCUT2D eigenvalue weighted by Gasteiger charge is 2.24. The highest BCUT2D eigenvalue weighted by Crippen LogP contribution is 2.30. The first-order valence-electron chi connectivity index (χ1n) is 7.29. The molecular formula is C16H25NS. The van der Waals surface area contributed by atoms with Crippen LogP contribution in [-0.4, -0.2) is 23.6 Å². The first kappa shape index (κ1) is 14.0. The van der Waals surface area contributed by atoms with E-state index < -0.39 is 0 Å². The van der Waals surface area contributed by atoms with Crippen molar-refractivity contribution in [1.29, 1.82) is 0 Å². The van der Waals surface area contributed by atoms with E-state index in [2.05, 4.69) is 54.3 Å². The van der Waals surface area contributed by atoms with Crippen LogP contribution in [0, 0.1) is 0 Å². The first-order chi connectivity index (χ1) is 8.90. The molecule has 1 aliphatic heterocycles. The lowest BCUT2D eigenvalue weighted by atomic mass is 10.0. The third-order valence-electron chi connectivity index (χ3n) is 3.66. The number of rotatable bonds is 7. The van der Waals surface area contributed by atoms with E-state index in [1.165, 1.54) is 43.4 Å².